The van der Waals surface area contributed by atoms with Gasteiger partial charge < -0.3 is 0 Å². The maximum atomic E-state index is 2.13. The lowest BCUT2D eigenvalue weighted by atomic mass is 10.1. The summed E-state index contributed by atoms with van der Waals surface area (Å²) in [5.74, 6) is 0. The molecule has 0 fully saturated rings. The summed E-state index contributed by atoms with van der Waals surface area (Å²) in [6.45, 7) is 0. The minimum atomic E-state index is 1.19. The maximum Gasteiger partial charge on any atom is -0.0256 e. The van der Waals surface area contributed by atoms with Gasteiger partial charge >= 0.3 is 0 Å². The molecule has 126 valence electrons. The first kappa shape index (κ1) is 17.4. The molecule has 0 radical (unpaired) electrons. The molecule has 26 heavy (non-hydrogen) atoms. The van der Waals surface area contributed by atoms with E-state index in [1.807, 2.05) is 36.4 Å². The molecule has 0 bridgehead atoms. The van der Waals surface area contributed by atoms with Crippen LogP contribution in [-0.4, -0.2) is 0 Å². The number of benzene rings is 3. The molecule has 0 heterocycles. The van der Waals surface area contributed by atoms with Crippen molar-refractivity contribution in [3.8, 4) is 0 Å². The van der Waals surface area contributed by atoms with Gasteiger partial charge in [0.15, 0.2) is 0 Å². The minimum Gasteiger partial charge on any atom is -0.0622 e. The zero-order valence-corrected chi connectivity index (χ0v) is 14.7. The summed E-state index contributed by atoms with van der Waals surface area (Å²) >= 11 is 0. The Morgan fingerprint density at radius 2 is 0.577 bits per heavy atom. The highest BCUT2D eigenvalue weighted by atomic mass is 13.9. The molecule has 0 saturated carbocycles. The van der Waals surface area contributed by atoms with Crippen LogP contribution in [0, 0.1) is 0 Å². The summed E-state index contributed by atoms with van der Waals surface area (Å²) < 4.78 is 0. The summed E-state index contributed by atoms with van der Waals surface area (Å²) in [6, 6.07) is 29.2. The lowest BCUT2D eigenvalue weighted by Crippen LogP contribution is -1.74. The van der Waals surface area contributed by atoms with Crippen molar-refractivity contribution in [3.63, 3.8) is 0 Å². The van der Waals surface area contributed by atoms with Crippen LogP contribution in [0.15, 0.2) is 109 Å². The highest BCUT2D eigenvalue weighted by Gasteiger charge is 1.88. The number of rotatable bonds is 6. The highest BCUT2D eigenvalue weighted by Crippen LogP contribution is 2.09. The molecule has 0 nitrogen and oxygen atoms in total. The van der Waals surface area contributed by atoms with Gasteiger partial charge in [-0.1, -0.05) is 134 Å². The molecule has 0 aliphatic rings. The van der Waals surface area contributed by atoms with Crippen LogP contribution in [0.4, 0.5) is 0 Å². The van der Waals surface area contributed by atoms with Crippen molar-refractivity contribution in [1.82, 2.24) is 0 Å². The molecule has 0 amide bonds. The quantitative estimate of drug-likeness (QED) is 0.420. The van der Waals surface area contributed by atoms with Gasteiger partial charge in [0.25, 0.3) is 0 Å². The third-order valence-corrected chi connectivity index (χ3v) is 3.91. The van der Waals surface area contributed by atoms with Gasteiger partial charge in [0, 0.05) is 0 Å². The van der Waals surface area contributed by atoms with Crippen molar-refractivity contribution in [2.45, 2.75) is 0 Å². The van der Waals surface area contributed by atoms with Gasteiger partial charge in [-0.2, -0.15) is 0 Å². The number of hydrogen-bond donors (Lipinski definition) is 0. The Labute approximate surface area is 156 Å². The van der Waals surface area contributed by atoms with Gasteiger partial charge in [0.05, 0.1) is 0 Å². The molecule has 0 spiro atoms. The van der Waals surface area contributed by atoms with E-state index in [-0.39, 0.29) is 0 Å². The number of hydrogen-bond acceptors (Lipinski definition) is 0. The predicted octanol–water partition coefficient (Wildman–Crippen LogP) is 7.14. The lowest BCUT2D eigenvalue weighted by molar-refractivity contribution is 1.62. The third-order valence-electron chi connectivity index (χ3n) is 3.91. The molecular weight excluding hydrogens is 312 g/mol. The second kappa shape index (κ2) is 9.80. The van der Waals surface area contributed by atoms with E-state index in [0.717, 1.165) is 0 Å². The van der Waals surface area contributed by atoms with Crippen molar-refractivity contribution in [2.75, 3.05) is 0 Å². The van der Waals surface area contributed by atoms with Gasteiger partial charge in [-0.15, -0.1) is 0 Å². The summed E-state index contributed by atoms with van der Waals surface area (Å²) in [7, 11) is 0. The van der Waals surface area contributed by atoms with Gasteiger partial charge in [0.1, 0.15) is 0 Å². The molecule has 0 atom stereocenters. The summed E-state index contributed by atoms with van der Waals surface area (Å²) in [5, 5.41) is 0. The van der Waals surface area contributed by atoms with E-state index in [1.165, 1.54) is 22.3 Å². The van der Waals surface area contributed by atoms with Gasteiger partial charge in [0.2, 0.25) is 0 Å². The summed E-state index contributed by atoms with van der Waals surface area (Å²) in [5.41, 5.74) is 4.81. The molecule has 0 heteroatoms. The molecule has 0 aliphatic heterocycles. The Bertz CT molecular complexity index is 815. The largest absolute Gasteiger partial charge is 0.0622 e. The van der Waals surface area contributed by atoms with Crippen LogP contribution in [-0.2, 0) is 0 Å². The first-order chi connectivity index (χ1) is 12.9. The summed E-state index contributed by atoms with van der Waals surface area (Å²) in [6.07, 6.45) is 16.7. The van der Waals surface area contributed by atoms with E-state index in [4.69, 9.17) is 0 Å². The zero-order valence-electron chi connectivity index (χ0n) is 14.7. The van der Waals surface area contributed by atoms with Crippen molar-refractivity contribution in [2.24, 2.45) is 0 Å². The minimum absolute atomic E-state index is 1.19. The van der Waals surface area contributed by atoms with Crippen molar-refractivity contribution in [1.29, 1.82) is 0 Å². The fourth-order valence-corrected chi connectivity index (χ4v) is 2.51. The van der Waals surface area contributed by atoms with Gasteiger partial charge in [-0.3, -0.25) is 0 Å². The normalized spacial score (nSPS) is 12.0. The average molecular weight is 334 g/mol. The van der Waals surface area contributed by atoms with E-state index in [2.05, 4.69) is 97.1 Å². The standard InChI is InChI=1S/C26H22/c1-3-11-23(12-4-1)15-7-9-17-25-19-21-26(22-20-25)18-10-8-16-24-13-5-2-6-14-24/h1-22H/b15-7+,16-8+,17-9-,18-10+. The highest BCUT2D eigenvalue weighted by molar-refractivity contribution is 5.61. The molecule has 0 aliphatic carbocycles. The Kier molecular flexibility index (Phi) is 6.58. The van der Waals surface area contributed by atoms with Crippen molar-refractivity contribution < 1.29 is 0 Å². The molecule has 3 aromatic rings. The van der Waals surface area contributed by atoms with Crippen LogP contribution in [0.3, 0.4) is 0 Å². The molecule has 0 unspecified atom stereocenters. The first-order valence-electron chi connectivity index (χ1n) is 8.80. The van der Waals surface area contributed by atoms with Crippen LogP contribution in [0.1, 0.15) is 22.3 Å². The molecule has 0 saturated heterocycles. The number of allylic oxidation sites excluding steroid dienone is 4. The second-order valence-corrected chi connectivity index (χ2v) is 5.92. The van der Waals surface area contributed by atoms with E-state index in [0.29, 0.717) is 0 Å². The topological polar surface area (TPSA) is 0 Å². The summed E-state index contributed by atoms with van der Waals surface area (Å²) in [4.78, 5) is 0. The van der Waals surface area contributed by atoms with E-state index < -0.39 is 0 Å². The maximum absolute atomic E-state index is 2.13. The Hall–Kier alpha value is -3.38. The predicted molar refractivity (Wildman–Crippen MR) is 115 cm³/mol. The molecule has 0 N–H and O–H groups in total. The Balaban J connectivity index is 1.53. The zero-order chi connectivity index (χ0) is 17.9. The van der Waals surface area contributed by atoms with Crippen LogP contribution < -0.4 is 0 Å². The van der Waals surface area contributed by atoms with Crippen LogP contribution in [0.2, 0.25) is 0 Å². The Morgan fingerprint density at radius 3 is 0.885 bits per heavy atom. The van der Waals surface area contributed by atoms with E-state index >= 15 is 0 Å². The average Bonchev–Trinajstić information content (AvgIpc) is 2.71. The van der Waals surface area contributed by atoms with Crippen molar-refractivity contribution in [3.05, 3.63) is 131 Å². The van der Waals surface area contributed by atoms with E-state index in [1.54, 1.807) is 0 Å². The SMILES string of the molecule is C(=C/c1ccc(/C=C/C=C/c2ccccc2)cc1)/C=C/c1ccccc1. The molecule has 3 aromatic carbocycles. The molecule has 3 rings (SSSR count). The van der Waals surface area contributed by atoms with Gasteiger partial charge in [-0.05, 0) is 22.3 Å². The van der Waals surface area contributed by atoms with Gasteiger partial charge in [-0.25, -0.2) is 0 Å². The van der Waals surface area contributed by atoms with E-state index in [9.17, 15) is 0 Å². The molecule has 0 aromatic heterocycles. The fourth-order valence-electron chi connectivity index (χ4n) is 2.51. The monoisotopic (exact) mass is 334 g/mol. The third kappa shape index (κ3) is 5.92. The first-order valence-corrected chi connectivity index (χ1v) is 8.80. The van der Waals surface area contributed by atoms with Crippen LogP contribution in [0.25, 0.3) is 24.3 Å². The lowest BCUT2D eigenvalue weighted by Gasteiger charge is -1.95. The Morgan fingerprint density at radius 1 is 0.308 bits per heavy atom. The van der Waals surface area contributed by atoms with Crippen molar-refractivity contribution >= 4 is 24.3 Å². The van der Waals surface area contributed by atoms with Crippen LogP contribution in [0.5, 0.6) is 0 Å². The fraction of sp³-hybridized carbons (Fsp3) is 0. The smallest absolute Gasteiger partial charge is 0.0256 e. The molecular formula is C26H22. The van der Waals surface area contributed by atoms with Crippen LogP contribution >= 0.6 is 0 Å². The second-order valence-electron chi connectivity index (χ2n) is 5.92.